The van der Waals surface area contributed by atoms with Crippen LogP contribution in [0.5, 0.6) is 5.75 Å². The highest BCUT2D eigenvalue weighted by molar-refractivity contribution is 6.72. The van der Waals surface area contributed by atoms with E-state index in [-0.39, 0.29) is 0 Å². The van der Waals surface area contributed by atoms with E-state index < -0.39 is 17.1 Å². The summed E-state index contributed by atoms with van der Waals surface area (Å²) in [6, 6.07) is 6.38. The van der Waals surface area contributed by atoms with Crippen molar-refractivity contribution in [1.82, 2.24) is 0 Å². The molecule has 1 aromatic carbocycles. The van der Waals surface area contributed by atoms with Gasteiger partial charge < -0.3 is 4.43 Å². The van der Waals surface area contributed by atoms with E-state index in [0.717, 1.165) is 5.75 Å². The van der Waals surface area contributed by atoms with E-state index in [1.807, 2.05) is 6.08 Å². The van der Waals surface area contributed by atoms with Crippen LogP contribution in [0.25, 0.3) is 6.08 Å². The number of hydrogen-bond acceptors (Lipinski definition) is 1. The summed E-state index contributed by atoms with van der Waals surface area (Å²) in [6.07, 6.45) is 1.94. The molecule has 1 radical (unpaired) electrons. The zero-order chi connectivity index (χ0) is 12.3. The second-order valence-corrected chi connectivity index (χ2v) is 12.1. The minimum Gasteiger partial charge on any atom is -0.544 e. The lowest BCUT2D eigenvalue weighted by atomic mass is 10.2. The summed E-state index contributed by atoms with van der Waals surface area (Å²) < 4.78 is 6.01. The van der Waals surface area contributed by atoms with E-state index in [0.29, 0.717) is 0 Å². The first-order valence-corrected chi connectivity index (χ1v) is 11.5. The van der Waals surface area contributed by atoms with Crippen LogP contribution in [0, 0.1) is 0 Å². The summed E-state index contributed by atoms with van der Waals surface area (Å²) in [5.41, 5.74) is 1.25. The van der Waals surface area contributed by atoms with Gasteiger partial charge in [0.05, 0.1) is 8.80 Å². The summed E-state index contributed by atoms with van der Waals surface area (Å²) >= 11 is 0. The van der Waals surface area contributed by atoms with Crippen molar-refractivity contribution in [2.45, 2.75) is 32.7 Å². The summed E-state index contributed by atoms with van der Waals surface area (Å²) in [5.74, 6) is 1.02. The zero-order valence-corrected chi connectivity index (χ0v) is 12.9. The molecule has 3 heteroatoms. The Morgan fingerprint density at radius 3 is 2.31 bits per heavy atom. The Hall–Kier alpha value is -0.806. The van der Waals surface area contributed by atoms with Crippen LogP contribution < -0.4 is 9.61 Å². The van der Waals surface area contributed by atoms with Gasteiger partial charge in [0.15, 0.2) is 0 Å². The highest BCUT2D eigenvalue weighted by atomic mass is 28.4. The minimum atomic E-state index is -1.50. The monoisotopic (exact) mass is 249 g/mol. The van der Waals surface area contributed by atoms with Crippen molar-refractivity contribution in [2.24, 2.45) is 0 Å². The van der Waals surface area contributed by atoms with Gasteiger partial charge in [-0.1, -0.05) is 37.0 Å². The van der Waals surface area contributed by atoms with Gasteiger partial charge in [-0.25, -0.2) is 0 Å². The topological polar surface area (TPSA) is 9.23 Å². The Morgan fingerprint density at radius 1 is 1.25 bits per heavy atom. The van der Waals surface area contributed by atoms with Crippen LogP contribution in [0.4, 0.5) is 0 Å². The third-order valence-corrected chi connectivity index (χ3v) is 4.57. The van der Waals surface area contributed by atoms with Gasteiger partial charge in [0.2, 0.25) is 8.32 Å². The van der Waals surface area contributed by atoms with Gasteiger partial charge in [-0.2, -0.15) is 0 Å². The van der Waals surface area contributed by atoms with E-state index in [4.69, 9.17) is 4.43 Å². The third-order valence-electron chi connectivity index (χ3n) is 2.21. The molecule has 1 aromatic rings. The van der Waals surface area contributed by atoms with Gasteiger partial charge in [0.1, 0.15) is 5.75 Å². The molecule has 16 heavy (non-hydrogen) atoms. The van der Waals surface area contributed by atoms with Crippen LogP contribution in [0.15, 0.2) is 24.8 Å². The van der Waals surface area contributed by atoms with E-state index in [1.54, 1.807) is 0 Å². The maximum absolute atomic E-state index is 6.01. The van der Waals surface area contributed by atoms with E-state index in [9.17, 15) is 0 Å². The average molecular weight is 249 g/mol. The van der Waals surface area contributed by atoms with Crippen LogP contribution >= 0.6 is 0 Å². The Kier molecular flexibility index (Phi) is 4.16. The molecule has 0 saturated heterocycles. The van der Waals surface area contributed by atoms with Crippen LogP contribution in [0.1, 0.15) is 5.56 Å². The van der Waals surface area contributed by atoms with Crippen LogP contribution in [-0.2, 0) is 0 Å². The molecule has 0 atom stereocenters. The predicted molar refractivity (Wildman–Crippen MR) is 77.6 cm³/mol. The Morgan fingerprint density at radius 2 is 1.88 bits per heavy atom. The van der Waals surface area contributed by atoms with E-state index in [1.165, 1.54) is 10.8 Å². The molecular formula is C13H21OSi2. The molecule has 1 nitrogen and oxygen atoms in total. The van der Waals surface area contributed by atoms with Crippen molar-refractivity contribution in [1.29, 1.82) is 0 Å². The van der Waals surface area contributed by atoms with Gasteiger partial charge >= 0.3 is 0 Å². The van der Waals surface area contributed by atoms with Gasteiger partial charge in [-0.05, 0) is 37.3 Å². The molecule has 0 saturated carbocycles. The second-order valence-electron chi connectivity index (χ2n) is 5.17. The van der Waals surface area contributed by atoms with Crippen LogP contribution in [-0.4, -0.2) is 17.1 Å². The van der Waals surface area contributed by atoms with Crippen molar-refractivity contribution in [3.8, 4) is 5.75 Å². The molecule has 1 rings (SSSR count). The fourth-order valence-electron chi connectivity index (χ4n) is 1.56. The first kappa shape index (κ1) is 13.3. The summed E-state index contributed by atoms with van der Waals surface area (Å²) in [5, 5.41) is 1.41. The van der Waals surface area contributed by atoms with Crippen molar-refractivity contribution >= 4 is 28.4 Å². The molecule has 0 bridgehead atoms. The van der Waals surface area contributed by atoms with Crippen molar-refractivity contribution in [3.05, 3.63) is 30.3 Å². The largest absolute Gasteiger partial charge is 0.544 e. The molecule has 0 amide bonds. The van der Waals surface area contributed by atoms with Crippen molar-refractivity contribution in [3.63, 3.8) is 0 Å². The van der Waals surface area contributed by atoms with Crippen molar-refractivity contribution in [2.75, 3.05) is 0 Å². The minimum absolute atomic E-state index is 0.467. The molecule has 0 aliphatic rings. The molecular weight excluding hydrogens is 228 g/mol. The quantitative estimate of drug-likeness (QED) is 0.742. The van der Waals surface area contributed by atoms with Gasteiger partial charge in [-0.3, -0.25) is 0 Å². The molecule has 0 fully saturated rings. The van der Waals surface area contributed by atoms with Crippen LogP contribution in [0.3, 0.4) is 0 Å². The maximum Gasteiger partial charge on any atom is 0.242 e. The average Bonchev–Trinajstić information content (AvgIpc) is 2.15. The SMILES string of the molecule is C=Cc1ccc(O[Si](C)(C)C)cc1[Si](C)C. The standard InChI is InChI=1S/C13H21OSi2/c1-7-11-8-9-12(14-16(4,5)6)10-13(11)15(2)3/h7-10H,1H2,2-6H3. The van der Waals surface area contributed by atoms with Gasteiger partial charge in [0, 0.05) is 0 Å². The first-order chi connectivity index (χ1) is 7.33. The molecule has 0 heterocycles. The summed E-state index contributed by atoms with van der Waals surface area (Å²) in [4.78, 5) is 0. The fraction of sp³-hybridized carbons (Fsp3) is 0.385. The Labute approximate surface area is 102 Å². The molecule has 87 valence electrons. The lowest BCUT2D eigenvalue weighted by molar-refractivity contribution is 0.558. The lowest BCUT2D eigenvalue weighted by Crippen LogP contribution is -2.31. The maximum atomic E-state index is 6.01. The van der Waals surface area contributed by atoms with Gasteiger partial charge in [0.25, 0.3) is 0 Å². The lowest BCUT2D eigenvalue weighted by Gasteiger charge is -2.21. The number of rotatable bonds is 4. The highest BCUT2D eigenvalue weighted by Gasteiger charge is 2.17. The van der Waals surface area contributed by atoms with E-state index in [2.05, 4.69) is 57.5 Å². The second kappa shape index (κ2) is 5.02. The van der Waals surface area contributed by atoms with E-state index >= 15 is 0 Å². The van der Waals surface area contributed by atoms with Gasteiger partial charge in [-0.15, -0.1) is 0 Å². The molecule has 0 unspecified atom stereocenters. The molecule has 0 aliphatic carbocycles. The molecule has 0 aliphatic heterocycles. The number of benzene rings is 1. The zero-order valence-electron chi connectivity index (χ0n) is 10.9. The molecule has 0 spiro atoms. The smallest absolute Gasteiger partial charge is 0.242 e. The third kappa shape index (κ3) is 3.65. The summed E-state index contributed by atoms with van der Waals surface area (Å²) in [6.45, 7) is 15.1. The Bertz CT molecular complexity index is 378. The molecule has 0 N–H and O–H groups in total. The van der Waals surface area contributed by atoms with Crippen LogP contribution in [0.2, 0.25) is 32.7 Å². The Balaban J connectivity index is 3.07. The summed E-state index contributed by atoms with van der Waals surface area (Å²) in [7, 11) is -1.96. The fourth-order valence-corrected chi connectivity index (χ4v) is 3.59. The predicted octanol–water partition coefficient (Wildman–Crippen LogP) is 3.50. The van der Waals surface area contributed by atoms with Crippen molar-refractivity contribution < 1.29 is 4.43 Å². The first-order valence-electron chi connectivity index (χ1n) is 5.59. The normalized spacial score (nSPS) is 11.6. The number of hydrogen-bond donors (Lipinski definition) is 0. The highest BCUT2D eigenvalue weighted by Crippen LogP contribution is 2.16. The molecule has 0 aromatic heterocycles.